The molecule has 3 aromatic rings. The van der Waals surface area contributed by atoms with E-state index < -0.39 is 0 Å². The van der Waals surface area contributed by atoms with Crippen molar-refractivity contribution >= 4 is 50.8 Å². The van der Waals surface area contributed by atoms with Gasteiger partial charge in [0.2, 0.25) is 0 Å². The van der Waals surface area contributed by atoms with Gasteiger partial charge in [-0.15, -0.1) is 23.1 Å². The Morgan fingerprint density at radius 1 is 1.23 bits per heavy atom. The Balaban J connectivity index is 1.69. The molecule has 0 fully saturated rings. The molecule has 9 heteroatoms. The standard InChI is InChI=1S/C22H25N3O3S3/c1-4-10-29-21-23-19(30-13-14-6-8-15(9-7-14)25(26)27)18-16-11-22(3,5-2)28-12-17(16)31-20(18)24-21/h6-9H,4-5,10-13H2,1-3H3. The van der Waals surface area contributed by atoms with Gasteiger partial charge in [0, 0.05) is 40.3 Å². The third-order valence-corrected chi connectivity index (χ3v) is 8.69. The van der Waals surface area contributed by atoms with E-state index in [2.05, 4.69) is 20.8 Å². The number of nitrogens with zero attached hydrogens (tertiary/aromatic N) is 3. The van der Waals surface area contributed by atoms with Gasteiger partial charge in [-0.25, -0.2) is 9.97 Å². The van der Waals surface area contributed by atoms with E-state index in [1.807, 2.05) is 12.1 Å². The first-order valence-corrected chi connectivity index (χ1v) is 13.2. The number of hydrogen-bond acceptors (Lipinski definition) is 8. The van der Waals surface area contributed by atoms with Crippen molar-refractivity contribution in [2.45, 2.75) is 68.2 Å². The van der Waals surface area contributed by atoms with Gasteiger partial charge >= 0.3 is 0 Å². The molecule has 1 atom stereocenters. The summed E-state index contributed by atoms with van der Waals surface area (Å²) in [6.07, 6.45) is 2.90. The predicted octanol–water partition coefficient (Wildman–Crippen LogP) is 6.64. The molecule has 0 radical (unpaired) electrons. The molecule has 0 aliphatic carbocycles. The van der Waals surface area contributed by atoms with Gasteiger partial charge in [0.1, 0.15) is 9.86 Å². The van der Waals surface area contributed by atoms with Gasteiger partial charge < -0.3 is 4.74 Å². The van der Waals surface area contributed by atoms with Crippen molar-refractivity contribution in [2.75, 3.05) is 5.75 Å². The van der Waals surface area contributed by atoms with E-state index >= 15 is 0 Å². The van der Waals surface area contributed by atoms with Gasteiger partial charge in [0.25, 0.3) is 5.69 Å². The molecule has 0 N–H and O–H groups in total. The molecular formula is C22H25N3O3S3. The van der Waals surface area contributed by atoms with Crippen LogP contribution in [0.5, 0.6) is 0 Å². The number of aromatic nitrogens is 2. The molecule has 3 heterocycles. The molecule has 6 nitrogen and oxygen atoms in total. The van der Waals surface area contributed by atoms with Gasteiger partial charge in [-0.1, -0.05) is 37.7 Å². The van der Waals surface area contributed by atoms with Gasteiger partial charge in [0.15, 0.2) is 5.16 Å². The van der Waals surface area contributed by atoms with Crippen molar-refractivity contribution in [3.63, 3.8) is 0 Å². The second-order valence-corrected chi connectivity index (χ2v) is 10.9. The lowest BCUT2D eigenvalue weighted by molar-refractivity contribution is -0.384. The second kappa shape index (κ2) is 9.44. The maximum absolute atomic E-state index is 10.9. The van der Waals surface area contributed by atoms with Gasteiger partial charge in [0.05, 0.1) is 17.1 Å². The number of non-ortho nitro benzene ring substituents is 1. The molecule has 1 unspecified atom stereocenters. The molecule has 31 heavy (non-hydrogen) atoms. The van der Waals surface area contributed by atoms with Crippen LogP contribution in [0.4, 0.5) is 5.69 Å². The van der Waals surface area contributed by atoms with E-state index in [-0.39, 0.29) is 16.2 Å². The maximum Gasteiger partial charge on any atom is 0.269 e. The quantitative estimate of drug-likeness (QED) is 0.119. The summed E-state index contributed by atoms with van der Waals surface area (Å²) in [6.45, 7) is 7.13. The first-order chi connectivity index (χ1) is 14.9. The minimum Gasteiger partial charge on any atom is -0.369 e. The normalized spacial score (nSPS) is 18.3. The van der Waals surface area contributed by atoms with Crippen LogP contribution in [0, 0.1) is 10.1 Å². The Labute approximate surface area is 194 Å². The lowest BCUT2D eigenvalue weighted by Crippen LogP contribution is -2.33. The number of rotatable bonds is 8. The van der Waals surface area contributed by atoms with Crippen LogP contribution >= 0.6 is 34.9 Å². The van der Waals surface area contributed by atoms with Crippen molar-refractivity contribution in [1.29, 1.82) is 0 Å². The predicted molar refractivity (Wildman–Crippen MR) is 128 cm³/mol. The first-order valence-electron chi connectivity index (χ1n) is 10.4. The molecule has 164 valence electrons. The summed E-state index contributed by atoms with van der Waals surface area (Å²) in [4.78, 5) is 22.6. The zero-order chi connectivity index (χ0) is 22.0. The van der Waals surface area contributed by atoms with Crippen LogP contribution in [0.15, 0.2) is 34.4 Å². The van der Waals surface area contributed by atoms with Crippen molar-refractivity contribution in [2.24, 2.45) is 0 Å². The van der Waals surface area contributed by atoms with Crippen LogP contribution < -0.4 is 0 Å². The first kappa shape index (κ1) is 22.5. The molecule has 1 aromatic carbocycles. The van der Waals surface area contributed by atoms with Crippen molar-refractivity contribution in [3.8, 4) is 0 Å². The van der Waals surface area contributed by atoms with Crippen molar-refractivity contribution < 1.29 is 9.66 Å². The molecule has 1 aliphatic rings. The van der Waals surface area contributed by atoms with Gasteiger partial charge in [-0.05, 0) is 30.9 Å². The zero-order valence-corrected chi connectivity index (χ0v) is 20.3. The Hall–Kier alpha value is -1.68. The summed E-state index contributed by atoms with van der Waals surface area (Å²) in [5.41, 5.74) is 2.32. The largest absolute Gasteiger partial charge is 0.369 e. The topological polar surface area (TPSA) is 78.2 Å². The lowest BCUT2D eigenvalue weighted by Gasteiger charge is -2.33. The van der Waals surface area contributed by atoms with E-state index in [9.17, 15) is 10.1 Å². The molecule has 0 spiro atoms. The van der Waals surface area contributed by atoms with Crippen LogP contribution in [-0.2, 0) is 23.5 Å². The molecule has 0 amide bonds. The summed E-state index contributed by atoms with van der Waals surface area (Å²) >= 11 is 5.09. The van der Waals surface area contributed by atoms with Crippen LogP contribution in [0.3, 0.4) is 0 Å². The van der Waals surface area contributed by atoms with Crippen LogP contribution in [0.25, 0.3) is 10.2 Å². The average Bonchev–Trinajstić information content (AvgIpc) is 3.13. The van der Waals surface area contributed by atoms with E-state index in [1.165, 1.54) is 10.4 Å². The number of ether oxygens (including phenoxy) is 1. The fourth-order valence-corrected chi connectivity index (χ4v) is 6.47. The summed E-state index contributed by atoms with van der Waals surface area (Å²) in [5, 5.41) is 13.9. The highest BCUT2D eigenvalue weighted by atomic mass is 32.2. The minimum absolute atomic E-state index is 0.113. The Morgan fingerprint density at radius 3 is 2.68 bits per heavy atom. The van der Waals surface area contributed by atoms with Crippen molar-refractivity contribution in [3.05, 3.63) is 50.4 Å². The van der Waals surface area contributed by atoms with Crippen LogP contribution in [-0.4, -0.2) is 26.2 Å². The van der Waals surface area contributed by atoms with Crippen LogP contribution in [0.1, 0.15) is 49.6 Å². The second-order valence-electron chi connectivity index (χ2n) is 7.82. The number of thioether (sulfide) groups is 2. The highest BCUT2D eigenvalue weighted by Gasteiger charge is 2.33. The molecule has 0 saturated heterocycles. The van der Waals surface area contributed by atoms with Gasteiger partial charge in [-0.3, -0.25) is 10.1 Å². The fraction of sp³-hybridized carbons (Fsp3) is 0.455. The number of nitro groups is 1. The van der Waals surface area contributed by atoms with Crippen LogP contribution in [0.2, 0.25) is 0 Å². The fourth-order valence-electron chi connectivity index (χ4n) is 3.48. The van der Waals surface area contributed by atoms with E-state index in [1.54, 1.807) is 47.0 Å². The Kier molecular flexibility index (Phi) is 6.86. The van der Waals surface area contributed by atoms with E-state index in [0.717, 1.165) is 51.0 Å². The van der Waals surface area contributed by atoms with E-state index in [0.29, 0.717) is 12.4 Å². The number of fused-ring (bicyclic) bond motifs is 3. The Morgan fingerprint density at radius 2 is 2.00 bits per heavy atom. The highest BCUT2D eigenvalue weighted by molar-refractivity contribution is 7.99. The Bertz CT molecular complexity index is 1100. The summed E-state index contributed by atoms with van der Waals surface area (Å²) in [5.74, 6) is 1.69. The average molecular weight is 476 g/mol. The maximum atomic E-state index is 10.9. The van der Waals surface area contributed by atoms with E-state index in [4.69, 9.17) is 14.7 Å². The molecular weight excluding hydrogens is 450 g/mol. The summed E-state index contributed by atoms with van der Waals surface area (Å²) in [6, 6.07) is 6.76. The third kappa shape index (κ3) is 4.89. The van der Waals surface area contributed by atoms with Crippen molar-refractivity contribution in [1.82, 2.24) is 9.97 Å². The lowest BCUT2D eigenvalue weighted by atomic mass is 9.90. The molecule has 1 aliphatic heterocycles. The molecule has 0 bridgehead atoms. The zero-order valence-electron chi connectivity index (χ0n) is 17.8. The smallest absolute Gasteiger partial charge is 0.269 e. The highest BCUT2D eigenvalue weighted by Crippen LogP contribution is 2.43. The number of thiophene rings is 1. The minimum atomic E-state index is -0.368. The third-order valence-electron chi connectivity index (χ3n) is 5.49. The number of hydrogen-bond donors (Lipinski definition) is 0. The molecule has 4 rings (SSSR count). The number of benzene rings is 1. The molecule has 0 saturated carbocycles. The monoisotopic (exact) mass is 475 g/mol. The SMILES string of the molecule is CCCSc1nc(SCc2ccc([N+](=O)[O-])cc2)c2c3c(sc2n1)COC(C)(CC)C3. The summed E-state index contributed by atoms with van der Waals surface area (Å²) in [7, 11) is 0. The van der Waals surface area contributed by atoms with Gasteiger partial charge in [-0.2, -0.15) is 0 Å². The summed E-state index contributed by atoms with van der Waals surface area (Å²) < 4.78 is 6.16. The number of nitro benzene ring substituents is 1. The molecule has 2 aromatic heterocycles.